The molecule has 23 heavy (non-hydrogen) atoms. The van der Waals surface area contributed by atoms with Crippen LogP contribution in [0.25, 0.3) is 11.0 Å². The van der Waals surface area contributed by atoms with Gasteiger partial charge in [-0.3, -0.25) is 0 Å². The first-order chi connectivity index (χ1) is 11.0. The Labute approximate surface area is 132 Å². The van der Waals surface area contributed by atoms with Crippen LogP contribution in [0, 0.1) is 6.92 Å². The number of aromatic nitrogens is 4. The Hall–Kier alpha value is -2.26. The van der Waals surface area contributed by atoms with Crippen LogP contribution >= 0.6 is 0 Å². The molecule has 1 aliphatic rings. The van der Waals surface area contributed by atoms with Crippen LogP contribution < -0.4 is 4.72 Å². The van der Waals surface area contributed by atoms with Crippen LogP contribution in [0.3, 0.4) is 0 Å². The minimum atomic E-state index is -3.70. The van der Waals surface area contributed by atoms with E-state index in [0.29, 0.717) is 18.5 Å². The van der Waals surface area contributed by atoms with Crippen LogP contribution in [0.15, 0.2) is 33.9 Å². The lowest BCUT2D eigenvalue weighted by atomic mass is 10.1. The number of benzene rings is 1. The predicted octanol–water partition coefficient (Wildman–Crippen LogP) is 1.02. The van der Waals surface area contributed by atoms with Crippen molar-refractivity contribution in [2.75, 3.05) is 0 Å². The van der Waals surface area contributed by atoms with Gasteiger partial charge in [0.15, 0.2) is 5.52 Å². The molecule has 120 valence electrons. The largest absolute Gasteiger partial charge is 0.333 e. The van der Waals surface area contributed by atoms with E-state index < -0.39 is 10.0 Å². The molecule has 1 atom stereocenters. The zero-order valence-corrected chi connectivity index (χ0v) is 13.2. The first-order valence-electron chi connectivity index (χ1n) is 7.29. The van der Waals surface area contributed by atoms with E-state index in [-0.39, 0.29) is 16.5 Å². The molecule has 2 aromatic heterocycles. The van der Waals surface area contributed by atoms with Gasteiger partial charge in [-0.05, 0) is 35.8 Å². The van der Waals surface area contributed by atoms with Crippen LogP contribution in [0.5, 0.6) is 0 Å². The lowest BCUT2D eigenvalue weighted by Gasteiger charge is -2.24. The minimum Gasteiger partial charge on any atom is -0.333 e. The van der Waals surface area contributed by atoms with Gasteiger partial charge in [-0.15, -0.1) is 0 Å². The highest BCUT2D eigenvalue weighted by Crippen LogP contribution is 2.22. The Balaban J connectivity index is 1.62. The number of aryl methyl sites for hydroxylation is 2. The molecule has 0 saturated carbocycles. The quantitative estimate of drug-likeness (QED) is 0.767. The summed E-state index contributed by atoms with van der Waals surface area (Å²) in [4.78, 5) is 4.52. The zero-order chi connectivity index (χ0) is 16.0. The first-order valence-corrected chi connectivity index (χ1v) is 8.77. The maximum absolute atomic E-state index is 12.7. The second-order valence-electron chi connectivity index (χ2n) is 5.70. The number of rotatable bonds is 3. The number of imidazole rings is 1. The fourth-order valence-corrected chi connectivity index (χ4v) is 4.38. The normalized spacial score (nSPS) is 18.2. The molecule has 8 nitrogen and oxygen atoms in total. The lowest BCUT2D eigenvalue weighted by Crippen LogP contribution is -2.40. The molecule has 0 fully saturated rings. The number of fused-ring (bicyclic) bond motifs is 2. The Morgan fingerprint density at radius 2 is 2.22 bits per heavy atom. The topological polar surface area (TPSA) is 103 Å². The zero-order valence-electron chi connectivity index (χ0n) is 12.4. The lowest BCUT2D eigenvalue weighted by molar-refractivity contribution is 0.315. The molecular formula is C14H15N5O3S. The number of nitrogens with zero attached hydrogens (tertiary/aromatic N) is 4. The first kappa shape index (κ1) is 14.3. The summed E-state index contributed by atoms with van der Waals surface area (Å²) < 4.78 is 34.8. The highest BCUT2D eigenvalue weighted by molar-refractivity contribution is 7.89. The van der Waals surface area contributed by atoms with Crippen molar-refractivity contribution < 1.29 is 13.0 Å². The fraction of sp³-hybridized carbons (Fsp3) is 0.357. The second kappa shape index (κ2) is 5.14. The van der Waals surface area contributed by atoms with Gasteiger partial charge < -0.3 is 4.57 Å². The maximum atomic E-state index is 12.7. The van der Waals surface area contributed by atoms with Crippen molar-refractivity contribution >= 4 is 21.1 Å². The van der Waals surface area contributed by atoms with Crippen LogP contribution in [0.1, 0.15) is 17.9 Å². The van der Waals surface area contributed by atoms with E-state index in [4.69, 9.17) is 0 Å². The molecule has 1 N–H and O–H groups in total. The number of nitrogens with one attached hydrogen (secondary N) is 1. The van der Waals surface area contributed by atoms with Crippen molar-refractivity contribution in [2.45, 2.75) is 37.2 Å². The SMILES string of the molecule is Cc1cn2c(n1)CCC(NS(=O)(=O)c1cccc3nonc13)C2. The fourth-order valence-electron chi connectivity index (χ4n) is 2.96. The van der Waals surface area contributed by atoms with Crippen molar-refractivity contribution in [1.82, 2.24) is 24.6 Å². The summed E-state index contributed by atoms with van der Waals surface area (Å²) in [7, 11) is -3.70. The Morgan fingerprint density at radius 1 is 1.35 bits per heavy atom. The van der Waals surface area contributed by atoms with Gasteiger partial charge in [0.25, 0.3) is 0 Å². The van der Waals surface area contributed by atoms with Gasteiger partial charge in [0.2, 0.25) is 10.0 Å². The molecule has 9 heteroatoms. The van der Waals surface area contributed by atoms with Crippen molar-refractivity contribution in [3.8, 4) is 0 Å². The molecule has 0 radical (unpaired) electrons. The molecule has 1 unspecified atom stereocenters. The van der Waals surface area contributed by atoms with Gasteiger partial charge in [0.1, 0.15) is 16.2 Å². The number of hydrogen-bond acceptors (Lipinski definition) is 6. The average Bonchev–Trinajstić information content (AvgIpc) is 3.10. The average molecular weight is 333 g/mol. The Bertz CT molecular complexity index is 975. The minimum absolute atomic E-state index is 0.0869. The van der Waals surface area contributed by atoms with Crippen LogP contribution in [0.2, 0.25) is 0 Å². The van der Waals surface area contributed by atoms with E-state index in [2.05, 4.69) is 24.6 Å². The third kappa shape index (κ3) is 2.51. The molecule has 0 spiro atoms. The molecule has 1 aromatic carbocycles. The number of sulfonamides is 1. The molecule has 0 amide bonds. The summed E-state index contributed by atoms with van der Waals surface area (Å²) in [5.74, 6) is 1.00. The molecular weight excluding hydrogens is 318 g/mol. The van der Waals surface area contributed by atoms with Crippen LogP contribution in [0.4, 0.5) is 0 Å². The van der Waals surface area contributed by atoms with Crippen molar-refractivity contribution in [2.24, 2.45) is 0 Å². The van der Waals surface area contributed by atoms with Crippen molar-refractivity contribution in [1.29, 1.82) is 0 Å². The van der Waals surface area contributed by atoms with Crippen molar-refractivity contribution in [3.05, 3.63) is 35.9 Å². The van der Waals surface area contributed by atoms with Gasteiger partial charge >= 0.3 is 0 Å². The highest BCUT2D eigenvalue weighted by Gasteiger charge is 2.27. The molecule has 3 heterocycles. The monoisotopic (exact) mass is 333 g/mol. The highest BCUT2D eigenvalue weighted by atomic mass is 32.2. The molecule has 0 aliphatic carbocycles. The molecule has 4 rings (SSSR count). The summed E-state index contributed by atoms with van der Waals surface area (Å²) in [6.07, 6.45) is 3.40. The maximum Gasteiger partial charge on any atom is 0.243 e. The van der Waals surface area contributed by atoms with Crippen molar-refractivity contribution in [3.63, 3.8) is 0 Å². The molecule has 0 saturated heterocycles. The van der Waals surface area contributed by atoms with Gasteiger partial charge in [0, 0.05) is 25.2 Å². The number of hydrogen-bond donors (Lipinski definition) is 1. The molecule has 1 aliphatic heterocycles. The van der Waals surface area contributed by atoms with E-state index in [1.54, 1.807) is 12.1 Å². The van der Waals surface area contributed by atoms with Gasteiger partial charge in [0.05, 0.1) is 5.69 Å². The summed E-state index contributed by atoms with van der Waals surface area (Å²) in [5, 5.41) is 7.38. The third-order valence-electron chi connectivity index (χ3n) is 3.97. The summed E-state index contributed by atoms with van der Waals surface area (Å²) in [5.41, 5.74) is 1.61. The summed E-state index contributed by atoms with van der Waals surface area (Å²) in [6.45, 7) is 2.51. The van der Waals surface area contributed by atoms with E-state index in [9.17, 15) is 8.42 Å². The van der Waals surface area contributed by atoms with Gasteiger partial charge in [-0.25, -0.2) is 22.8 Å². The molecule has 3 aromatic rings. The van der Waals surface area contributed by atoms with Crippen LogP contribution in [-0.4, -0.2) is 34.3 Å². The van der Waals surface area contributed by atoms with E-state index >= 15 is 0 Å². The Kier molecular flexibility index (Phi) is 3.20. The Morgan fingerprint density at radius 3 is 3.09 bits per heavy atom. The second-order valence-corrected chi connectivity index (χ2v) is 7.38. The van der Waals surface area contributed by atoms with Gasteiger partial charge in [-0.1, -0.05) is 6.07 Å². The van der Waals surface area contributed by atoms with Crippen LogP contribution in [-0.2, 0) is 23.0 Å². The smallest absolute Gasteiger partial charge is 0.243 e. The standard InChI is InChI=1S/C14H15N5O3S/c1-9-7-19-8-10(5-6-13(19)15-9)18-23(20,21)12-4-2-3-11-14(12)17-22-16-11/h2-4,7,10,18H,5-6,8H2,1H3. The summed E-state index contributed by atoms with van der Waals surface area (Å²) in [6, 6.07) is 4.60. The van der Waals surface area contributed by atoms with E-state index in [1.807, 2.05) is 17.7 Å². The van der Waals surface area contributed by atoms with Gasteiger partial charge in [-0.2, -0.15) is 0 Å². The summed E-state index contributed by atoms with van der Waals surface area (Å²) >= 11 is 0. The third-order valence-corrected chi connectivity index (χ3v) is 5.53. The predicted molar refractivity (Wildman–Crippen MR) is 81.2 cm³/mol. The molecule has 0 bridgehead atoms. The van der Waals surface area contributed by atoms with E-state index in [1.165, 1.54) is 6.07 Å². The van der Waals surface area contributed by atoms with E-state index in [0.717, 1.165) is 17.9 Å².